The van der Waals surface area contributed by atoms with Crippen molar-refractivity contribution in [2.45, 2.75) is 32.4 Å². The van der Waals surface area contributed by atoms with Gasteiger partial charge >= 0.3 is 0 Å². The minimum absolute atomic E-state index is 0. The van der Waals surface area contributed by atoms with Crippen LogP contribution in [0.2, 0.25) is 0 Å². The molecular weight excluding hydrogens is 394 g/mol. The maximum absolute atomic E-state index is 12.3. The van der Waals surface area contributed by atoms with Gasteiger partial charge in [-0.3, -0.25) is 10.1 Å². The minimum atomic E-state index is 0. The summed E-state index contributed by atoms with van der Waals surface area (Å²) in [5, 5.41) is 10.5. The maximum Gasteiger partial charge on any atom is 0.248 e. The predicted octanol–water partition coefficient (Wildman–Crippen LogP) is 2.84. The van der Waals surface area contributed by atoms with E-state index in [1.54, 1.807) is 11.0 Å². The van der Waals surface area contributed by atoms with Crippen LogP contribution in [0.25, 0.3) is 0 Å². The molecule has 1 aliphatic rings. The maximum atomic E-state index is 12.3. The third kappa shape index (κ3) is 5.03. The Balaban J connectivity index is 0.00000208. The molecule has 1 amide bonds. The number of halogens is 2. The van der Waals surface area contributed by atoms with Crippen molar-refractivity contribution >= 4 is 40.2 Å². The number of aromatic nitrogens is 3. The van der Waals surface area contributed by atoms with Gasteiger partial charge in [0.1, 0.15) is 6.33 Å². The molecule has 6 nitrogen and oxygen atoms in total. The first-order valence-electron chi connectivity index (χ1n) is 7.78. The Morgan fingerprint density at radius 1 is 1.50 bits per heavy atom. The fourth-order valence-electron chi connectivity index (χ4n) is 2.83. The quantitative estimate of drug-likeness (QED) is 0.807. The summed E-state index contributed by atoms with van der Waals surface area (Å²) in [6, 6.07) is 8.41. The molecule has 8 heteroatoms. The van der Waals surface area contributed by atoms with Gasteiger partial charge in [0.2, 0.25) is 11.9 Å². The van der Waals surface area contributed by atoms with Crippen molar-refractivity contribution in [3.8, 4) is 0 Å². The number of amides is 1. The van der Waals surface area contributed by atoms with Crippen molar-refractivity contribution in [3.63, 3.8) is 0 Å². The van der Waals surface area contributed by atoms with E-state index in [2.05, 4.69) is 43.6 Å². The standard InChI is InChI=1S/C16H20BrN5O.ClH/c1-11-7-13(5-6-18-11)15(23)20-16-19-10-22(21-16)9-12-3-2-4-14(17)8-12;/h2-4,8,10-11,13,18H,5-7,9H2,1H3,(H,20,21,23);1H/t11-,13-;/m0./s1. The van der Waals surface area contributed by atoms with Gasteiger partial charge in [-0.25, -0.2) is 9.67 Å². The lowest BCUT2D eigenvalue weighted by Gasteiger charge is -2.26. The van der Waals surface area contributed by atoms with Gasteiger partial charge in [-0.05, 0) is 44.0 Å². The molecule has 0 saturated carbocycles. The van der Waals surface area contributed by atoms with E-state index in [9.17, 15) is 4.79 Å². The number of hydrogen-bond acceptors (Lipinski definition) is 4. The molecule has 130 valence electrons. The van der Waals surface area contributed by atoms with E-state index in [0.717, 1.165) is 29.4 Å². The highest BCUT2D eigenvalue weighted by atomic mass is 79.9. The number of hydrogen-bond donors (Lipinski definition) is 2. The second kappa shape index (κ2) is 8.60. The Hall–Kier alpha value is -1.44. The molecule has 1 fully saturated rings. The fourth-order valence-corrected chi connectivity index (χ4v) is 3.28. The van der Waals surface area contributed by atoms with E-state index in [1.165, 1.54) is 0 Å². The van der Waals surface area contributed by atoms with Crippen molar-refractivity contribution in [1.29, 1.82) is 0 Å². The van der Waals surface area contributed by atoms with E-state index in [0.29, 0.717) is 18.5 Å². The van der Waals surface area contributed by atoms with Crippen LogP contribution in [0.4, 0.5) is 5.95 Å². The van der Waals surface area contributed by atoms with Gasteiger partial charge < -0.3 is 5.32 Å². The van der Waals surface area contributed by atoms with Gasteiger partial charge in [0, 0.05) is 16.4 Å². The Morgan fingerprint density at radius 2 is 2.33 bits per heavy atom. The fraction of sp³-hybridized carbons (Fsp3) is 0.438. The molecule has 24 heavy (non-hydrogen) atoms. The molecule has 3 rings (SSSR count). The summed E-state index contributed by atoms with van der Waals surface area (Å²) >= 11 is 3.45. The van der Waals surface area contributed by atoms with Gasteiger partial charge in [-0.15, -0.1) is 17.5 Å². The molecule has 2 atom stereocenters. The highest BCUT2D eigenvalue weighted by Crippen LogP contribution is 2.17. The van der Waals surface area contributed by atoms with Crippen molar-refractivity contribution in [1.82, 2.24) is 20.1 Å². The van der Waals surface area contributed by atoms with Crippen LogP contribution in [0, 0.1) is 5.92 Å². The lowest BCUT2D eigenvalue weighted by molar-refractivity contribution is -0.120. The summed E-state index contributed by atoms with van der Waals surface area (Å²) in [5.41, 5.74) is 1.12. The molecule has 1 aromatic heterocycles. The zero-order valence-corrected chi connectivity index (χ0v) is 15.8. The van der Waals surface area contributed by atoms with E-state index in [4.69, 9.17) is 0 Å². The smallest absolute Gasteiger partial charge is 0.248 e. The zero-order valence-electron chi connectivity index (χ0n) is 13.4. The molecule has 2 N–H and O–H groups in total. The molecule has 1 saturated heterocycles. The first-order valence-corrected chi connectivity index (χ1v) is 8.57. The largest absolute Gasteiger partial charge is 0.314 e. The average Bonchev–Trinajstić information content (AvgIpc) is 2.94. The van der Waals surface area contributed by atoms with Gasteiger partial charge in [0.05, 0.1) is 6.54 Å². The van der Waals surface area contributed by atoms with Crippen LogP contribution in [-0.2, 0) is 11.3 Å². The first-order chi connectivity index (χ1) is 11.1. The van der Waals surface area contributed by atoms with Crippen LogP contribution in [0.3, 0.4) is 0 Å². The highest BCUT2D eigenvalue weighted by molar-refractivity contribution is 9.10. The number of benzene rings is 1. The summed E-state index contributed by atoms with van der Waals surface area (Å²) in [6.45, 7) is 3.60. The van der Waals surface area contributed by atoms with Crippen molar-refractivity contribution in [3.05, 3.63) is 40.6 Å². The van der Waals surface area contributed by atoms with Gasteiger partial charge in [-0.1, -0.05) is 28.1 Å². The molecule has 0 radical (unpaired) electrons. The van der Waals surface area contributed by atoms with Crippen LogP contribution in [0.1, 0.15) is 25.3 Å². The summed E-state index contributed by atoms with van der Waals surface area (Å²) < 4.78 is 2.76. The van der Waals surface area contributed by atoms with Gasteiger partial charge in [0.15, 0.2) is 0 Å². The first kappa shape index (κ1) is 18.9. The summed E-state index contributed by atoms with van der Waals surface area (Å²) in [4.78, 5) is 16.5. The van der Waals surface area contributed by atoms with Crippen LogP contribution < -0.4 is 10.6 Å². The molecule has 0 spiro atoms. The Kier molecular flexibility index (Phi) is 6.77. The number of nitrogens with one attached hydrogen (secondary N) is 2. The number of carbonyl (C=O) groups is 1. The van der Waals surface area contributed by atoms with Crippen molar-refractivity contribution in [2.75, 3.05) is 11.9 Å². The molecule has 2 heterocycles. The molecule has 1 aromatic carbocycles. The summed E-state index contributed by atoms with van der Waals surface area (Å²) in [5.74, 6) is 0.415. The van der Waals surface area contributed by atoms with Crippen LogP contribution in [0.5, 0.6) is 0 Å². The molecule has 1 aliphatic heterocycles. The van der Waals surface area contributed by atoms with E-state index in [1.807, 2.05) is 24.3 Å². The molecule has 0 bridgehead atoms. The normalized spacial score (nSPS) is 20.2. The number of piperidine rings is 1. The number of anilines is 1. The molecule has 0 aliphatic carbocycles. The van der Waals surface area contributed by atoms with Crippen molar-refractivity contribution in [2.24, 2.45) is 5.92 Å². The monoisotopic (exact) mass is 413 g/mol. The Bertz CT molecular complexity index is 693. The highest BCUT2D eigenvalue weighted by Gasteiger charge is 2.25. The van der Waals surface area contributed by atoms with Crippen LogP contribution in [0.15, 0.2) is 35.1 Å². The lowest BCUT2D eigenvalue weighted by Crippen LogP contribution is -2.40. The van der Waals surface area contributed by atoms with E-state index >= 15 is 0 Å². The average molecular weight is 415 g/mol. The van der Waals surface area contributed by atoms with Crippen LogP contribution >= 0.6 is 28.3 Å². The van der Waals surface area contributed by atoms with Gasteiger partial charge in [0.25, 0.3) is 0 Å². The summed E-state index contributed by atoms with van der Waals surface area (Å²) in [7, 11) is 0. The number of rotatable bonds is 4. The second-order valence-corrected chi connectivity index (χ2v) is 6.88. The molecular formula is C16H21BrClN5O. The zero-order chi connectivity index (χ0) is 16.2. The topological polar surface area (TPSA) is 71.8 Å². The molecule has 2 aromatic rings. The molecule has 0 unspecified atom stereocenters. The van der Waals surface area contributed by atoms with Crippen molar-refractivity contribution < 1.29 is 4.79 Å². The number of carbonyl (C=O) groups excluding carboxylic acids is 1. The van der Waals surface area contributed by atoms with Crippen LogP contribution in [-0.4, -0.2) is 33.3 Å². The third-order valence-electron chi connectivity index (χ3n) is 4.00. The summed E-state index contributed by atoms with van der Waals surface area (Å²) in [6.07, 6.45) is 3.35. The van der Waals surface area contributed by atoms with Gasteiger partial charge in [-0.2, -0.15) is 0 Å². The third-order valence-corrected chi connectivity index (χ3v) is 4.49. The van der Waals surface area contributed by atoms with E-state index in [-0.39, 0.29) is 24.2 Å². The SMILES string of the molecule is C[C@H]1C[C@@H](C(=O)Nc2ncn(Cc3cccc(Br)c3)n2)CCN1.Cl. The number of nitrogens with zero attached hydrogens (tertiary/aromatic N) is 3. The Labute approximate surface area is 156 Å². The van der Waals surface area contributed by atoms with E-state index < -0.39 is 0 Å². The second-order valence-electron chi connectivity index (χ2n) is 5.96. The predicted molar refractivity (Wildman–Crippen MR) is 99.3 cm³/mol. The minimum Gasteiger partial charge on any atom is -0.314 e. The lowest BCUT2D eigenvalue weighted by atomic mass is 9.92. The Morgan fingerprint density at radius 3 is 3.08 bits per heavy atom.